The molecule has 0 saturated heterocycles. The Kier molecular flexibility index (Phi) is 6.82. The molecule has 10 nitrogen and oxygen atoms in total. The van der Waals surface area contributed by atoms with E-state index in [1.807, 2.05) is 56.8 Å². The molecule has 0 unspecified atom stereocenters. The van der Waals surface area contributed by atoms with E-state index in [9.17, 15) is 0 Å². The number of aromatic amines is 1. The van der Waals surface area contributed by atoms with Crippen LogP contribution in [0.2, 0.25) is 0 Å². The summed E-state index contributed by atoms with van der Waals surface area (Å²) in [5.74, 6) is 1.01. The lowest BCUT2D eigenvalue weighted by Crippen LogP contribution is -2.22. The van der Waals surface area contributed by atoms with Crippen molar-refractivity contribution < 1.29 is 9.84 Å². The van der Waals surface area contributed by atoms with Crippen molar-refractivity contribution >= 4 is 17.0 Å². The van der Waals surface area contributed by atoms with Crippen molar-refractivity contribution in [3.8, 4) is 28.3 Å². The van der Waals surface area contributed by atoms with Crippen molar-refractivity contribution in [3.05, 3.63) is 66.0 Å². The van der Waals surface area contributed by atoms with Crippen molar-refractivity contribution in [1.82, 2.24) is 34.7 Å². The van der Waals surface area contributed by atoms with Gasteiger partial charge in [0.2, 0.25) is 11.8 Å². The van der Waals surface area contributed by atoms with Crippen LogP contribution >= 0.6 is 0 Å². The topological polar surface area (TPSA) is 118 Å². The number of H-pyrrole nitrogens is 1. The minimum absolute atomic E-state index is 0.121. The van der Waals surface area contributed by atoms with Crippen LogP contribution in [0, 0.1) is 6.92 Å². The Morgan fingerprint density at radius 2 is 1.95 bits per heavy atom. The van der Waals surface area contributed by atoms with E-state index in [4.69, 9.17) is 14.8 Å². The molecular weight excluding hydrogens is 468 g/mol. The first-order chi connectivity index (χ1) is 18.0. The molecule has 0 bridgehead atoms. The van der Waals surface area contributed by atoms with Gasteiger partial charge in [-0.3, -0.25) is 9.67 Å². The molecule has 0 amide bonds. The summed E-state index contributed by atoms with van der Waals surface area (Å²) in [4.78, 5) is 23.7. The summed E-state index contributed by atoms with van der Waals surface area (Å²) < 4.78 is 7.35. The number of nitrogens with one attached hydrogen (secondary N) is 1. The second-order valence-corrected chi connectivity index (χ2v) is 9.05. The summed E-state index contributed by atoms with van der Waals surface area (Å²) in [6, 6.07) is 6.23. The number of rotatable bonds is 9. The SMILES string of the molecule is COc1nc(N(C)CCCO)ncc1-c1ccc(Cc2c[nH]c3ncc(-c4cnn(C)c4)cc23)c(C)n1. The van der Waals surface area contributed by atoms with Crippen LogP contribution in [-0.4, -0.2) is 67.1 Å². The van der Waals surface area contributed by atoms with E-state index in [1.54, 1.807) is 18.0 Å². The van der Waals surface area contributed by atoms with Gasteiger partial charge in [-0.05, 0) is 36.6 Å². The summed E-state index contributed by atoms with van der Waals surface area (Å²) in [5, 5.41) is 14.4. The zero-order valence-corrected chi connectivity index (χ0v) is 21.4. The van der Waals surface area contributed by atoms with Crippen molar-refractivity contribution in [2.45, 2.75) is 19.8 Å². The van der Waals surface area contributed by atoms with E-state index in [0.29, 0.717) is 24.8 Å². The van der Waals surface area contributed by atoms with Crippen molar-refractivity contribution in [2.24, 2.45) is 7.05 Å². The Morgan fingerprint density at radius 3 is 2.68 bits per heavy atom. The average Bonchev–Trinajstić information content (AvgIpc) is 3.53. The third-order valence-corrected chi connectivity index (χ3v) is 6.43. The molecule has 5 heterocycles. The maximum absolute atomic E-state index is 9.09. The number of methoxy groups -OCH3 is 1. The summed E-state index contributed by atoms with van der Waals surface area (Å²) in [6.07, 6.45) is 10.8. The lowest BCUT2D eigenvalue weighted by molar-refractivity contribution is 0.290. The molecular formula is C27H30N8O2. The second-order valence-electron chi connectivity index (χ2n) is 9.05. The number of pyridine rings is 2. The summed E-state index contributed by atoms with van der Waals surface area (Å²) in [7, 11) is 5.39. The van der Waals surface area contributed by atoms with Crippen LogP contribution in [0.15, 0.2) is 49.2 Å². The lowest BCUT2D eigenvalue weighted by atomic mass is 10.0. The van der Waals surface area contributed by atoms with E-state index < -0.39 is 0 Å². The first kappa shape index (κ1) is 24.4. The van der Waals surface area contributed by atoms with Gasteiger partial charge in [-0.1, -0.05) is 6.07 Å². The second kappa shape index (κ2) is 10.4. The standard InChI is InChI=1S/C27H30N8O2/c1-17-18(10-20-13-29-25-22(20)11-19(12-28-25)21-14-31-35(3)16-21)6-7-24(32-17)23-15-30-27(33-26(23)37-4)34(2)8-5-9-36/h6-7,11-16,36H,5,8-10H2,1-4H3,(H,28,29). The van der Waals surface area contributed by atoms with Gasteiger partial charge in [-0.25, -0.2) is 9.97 Å². The van der Waals surface area contributed by atoms with Crippen LogP contribution < -0.4 is 9.64 Å². The van der Waals surface area contributed by atoms with Crippen LogP contribution in [0.3, 0.4) is 0 Å². The first-order valence-electron chi connectivity index (χ1n) is 12.1. The molecule has 0 aliphatic rings. The van der Waals surface area contributed by atoms with Crippen LogP contribution in [0.1, 0.15) is 23.2 Å². The lowest BCUT2D eigenvalue weighted by Gasteiger charge is -2.18. The minimum atomic E-state index is 0.121. The fourth-order valence-electron chi connectivity index (χ4n) is 4.34. The normalized spacial score (nSPS) is 11.3. The number of anilines is 1. The third-order valence-electron chi connectivity index (χ3n) is 6.43. The van der Waals surface area contributed by atoms with E-state index in [1.165, 1.54) is 0 Å². The molecule has 190 valence electrons. The summed E-state index contributed by atoms with van der Waals surface area (Å²) in [6.45, 7) is 2.78. The molecule has 5 aromatic rings. The number of hydrogen-bond acceptors (Lipinski definition) is 8. The van der Waals surface area contributed by atoms with E-state index in [0.717, 1.165) is 56.7 Å². The van der Waals surface area contributed by atoms with E-state index in [2.05, 4.69) is 37.2 Å². The van der Waals surface area contributed by atoms with Crippen molar-refractivity contribution in [1.29, 1.82) is 0 Å². The highest BCUT2D eigenvalue weighted by atomic mass is 16.5. The van der Waals surface area contributed by atoms with Gasteiger partial charge in [0.1, 0.15) is 5.65 Å². The number of aliphatic hydroxyl groups is 1. The Hall–Kier alpha value is -4.31. The zero-order valence-electron chi connectivity index (χ0n) is 21.4. The maximum atomic E-state index is 9.09. The Labute approximate surface area is 215 Å². The number of hydrogen-bond donors (Lipinski definition) is 2. The summed E-state index contributed by atoms with van der Waals surface area (Å²) >= 11 is 0. The highest BCUT2D eigenvalue weighted by Crippen LogP contribution is 2.30. The molecule has 0 spiro atoms. The molecule has 0 aromatic carbocycles. The predicted molar refractivity (Wildman–Crippen MR) is 143 cm³/mol. The predicted octanol–water partition coefficient (Wildman–Crippen LogP) is 3.54. The largest absolute Gasteiger partial charge is 0.480 e. The highest BCUT2D eigenvalue weighted by molar-refractivity contribution is 5.84. The van der Waals surface area contributed by atoms with Gasteiger partial charge in [0.05, 0.1) is 24.6 Å². The molecule has 10 heteroatoms. The van der Waals surface area contributed by atoms with Gasteiger partial charge in [-0.2, -0.15) is 10.1 Å². The van der Waals surface area contributed by atoms with Gasteiger partial charge in [-0.15, -0.1) is 0 Å². The van der Waals surface area contributed by atoms with E-state index >= 15 is 0 Å². The van der Waals surface area contributed by atoms with Gasteiger partial charge in [0, 0.05) is 80.7 Å². The molecule has 37 heavy (non-hydrogen) atoms. The summed E-state index contributed by atoms with van der Waals surface area (Å²) in [5.41, 5.74) is 7.61. The van der Waals surface area contributed by atoms with E-state index in [-0.39, 0.29) is 6.61 Å². The maximum Gasteiger partial charge on any atom is 0.228 e. The minimum Gasteiger partial charge on any atom is -0.480 e. The third kappa shape index (κ3) is 5.01. The van der Waals surface area contributed by atoms with Gasteiger partial charge in [0.15, 0.2) is 0 Å². The highest BCUT2D eigenvalue weighted by Gasteiger charge is 2.16. The van der Waals surface area contributed by atoms with Gasteiger partial charge >= 0.3 is 0 Å². The van der Waals surface area contributed by atoms with Crippen LogP contribution in [-0.2, 0) is 13.5 Å². The molecule has 0 aliphatic heterocycles. The molecule has 5 aromatic heterocycles. The molecule has 0 aliphatic carbocycles. The number of aliphatic hydroxyl groups excluding tert-OH is 1. The Balaban J connectivity index is 1.41. The molecule has 0 radical (unpaired) electrons. The number of aryl methyl sites for hydroxylation is 2. The van der Waals surface area contributed by atoms with Gasteiger partial charge < -0.3 is 19.7 Å². The zero-order chi connectivity index (χ0) is 25.9. The van der Waals surface area contributed by atoms with Crippen LogP contribution in [0.25, 0.3) is 33.4 Å². The van der Waals surface area contributed by atoms with Crippen molar-refractivity contribution in [2.75, 3.05) is 32.2 Å². The number of fused-ring (bicyclic) bond motifs is 1. The molecule has 5 rings (SSSR count). The van der Waals surface area contributed by atoms with Crippen LogP contribution in [0.5, 0.6) is 5.88 Å². The number of ether oxygens (including phenoxy) is 1. The monoisotopic (exact) mass is 498 g/mol. The Morgan fingerprint density at radius 1 is 1.08 bits per heavy atom. The fourth-order valence-corrected chi connectivity index (χ4v) is 4.34. The first-order valence-corrected chi connectivity index (χ1v) is 12.1. The van der Waals surface area contributed by atoms with Gasteiger partial charge in [0.25, 0.3) is 0 Å². The molecule has 2 N–H and O–H groups in total. The number of aromatic nitrogens is 7. The molecule has 0 fully saturated rings. The fraction of sp³-hybridized carbons (Fsp3) is 0.296. The smallest absolute Gasteiger partial charge is 0.228 e. The molecule has 0 saturated carbocycles. The molecule has 0 atom stereocenters. The van der Waals surface area contributed by atoms with Crippen molar-refractivity contribution in [3.63, 3.8) is 0 Å². The quantitative estimate of drug-likeness (QED) is 0.317. The average molecular weight is 499 g/mol. The van der Waals surface area contributed by atoms with Crippen LogP contribution in [0.4, 0.5) is 5.95 Å². The number of nitrogens with zero attached hydrogens (tertiary/aromatic N) is 7. The Bertz CT molecular complexity index is 1540.